The molecule has 0 fully saturated rings. The molecule has 0 aromatic carbocycles. The van der Waals surface area contributed by atoms with E-state index in [0.717, 1.165) is 11.4 Å². The fourth-order valence-corrected chi connectivity index (χ4v) is 1.80. The molecular weight excluding hydrogens is 210 g/mol. The van der Waals surface area contributed by atoms with E-state index in [4.69, 9.17) is 5.73 Å². The number of hydrogen-bond donors (Lipinski definition) is 2. The Balaban J connectivity index is 2.24. The summed E-state index contributed by atoms with van der Waals surface area (Å²) in [5.74, 6) is 0.351. The highest BCUT2D eigenvalue weighted by atomic mass is 32.1. The summed E-state index contributed by atoms with van der Waals surface area (Å²) < 4.78 is 0. The van der Waals surface area contributed by atoms with Crippen molar-refractivity contribution in [2.45, 2.75) is 26.3 Å². The molecular formula is C10H17N3OS. The van der Waals surface area contributed by atoms with Crippen LogP contribution in [0, 0.1) is 5.92 Å². The number of nitrogens with one attached hydrogen (secondary N) is 1. The van der Waals surface area contributed by atoms with Crippen LogP contribution in [0.2, 0.25) is 0 Å². The molecule has 15 heavy (non-hydrogen) atoms. The fourth-order valence-electron chi connectivity index (χ4n) is 1.24. The van der Waals surface area contributed by atoms with E-state index in [1.54, 1.807) is 17.5 Å². The lowest BCUT2D eigenvalue weighted by Crippen LogP contribution is -2.27. The van der Waals surface area contributed by atoms with Crippen LogP contribution in [0.3, 0.4) is 0 Å². The summed E-state index contributed by atoms with van der Waals surface area (Å²) in [6, 6.07) is 0. The van der Waals surface area contributed by atoms with Gasteiger partial charge in [0, 0.05) is 18.0 Å². The van der Waals surface area contributed by atoms with Crippen molar-refractivity contribution in [1.29, 1.82) is 0 Å². The summed E-state index contributed by atoms with van der Waals surface area (Å²) in [6.45, 7) is 3.14. The van der Waals surface area contributed by atoms with Crippen molar-refractivity contribution in [2.75, 3.05) is 6.54 Å². The molecule has 1 rings (SSSR count). The average Bonchev–Trinajstić information content (AvgIpc) is 2.75. The Morgan fingerprint density at radius 1 is 1.73 bits per heavy atom. The average molecular weight is 227 g/mol. The summed E-state index contributed by atoms with van der Waals surface area (Å²) in [7, 11) is 0. The maximum Gasteiger partial charge on any atom is 0.220 e. The maximum absolute atomic E-state index is 11.5. The molecule has 0 aliphatic heterocycles. The Labute approximate surface area is 93.9 Å². The van der Waals surface area contributed by atoms with E-state index in [1.807, 2.05) is 12.3 Å². The third kappa shape index (κ3) is 4.40. The summed E-state index contributed by atoms with van der Waals surface area (Å²) >= 11 is 1.54. The molecule has 0 saturated heterocycles. The molecule has 0 aliphatic rings. The van der Waals surface area contributed by atoms with Crippen molar-refractivity contribution < 1.29 is 4.79 Å². The molecule has 3 N–H and O–H groups in total. The third-order valence-corrected chi connectivity index (χ3v) is 3.08. The quantitative estimate of drug-likeness (QED) is 0.765. The molecule has 0 bridgehead atoms. The second-order valence-corrected chi connectivity index (χ2v) is 4.40. The number of aromatic nitrogens is 1. The van der Waals surface area contributed by atoms with Crippen LogP contribution in [-0.2, 0) is 11.3 Å². The van der Waals surface area contributed by atoms with E-state index in [1.165, 1.54) is 0 Å². The Morgan fingerprint density at radius 3 is 3.07 bits per heavy atom. The minimum absolute atomic E-state index is 0.0579. The topological polar surface area (TPSA) is 68.0 Å². The molecule has 84 valence electrons. The van der Waals surface area contributed by atoms with Crippen molar-refractivity contribution in [2.24, 2.45) is 11.7 Å². The molecule has 1 unspecified atom stereocenters. The second-order valence-electron chi connectivity index (χ2n) is 3.42. The molecule has 1 heterocycles. The Bertz CT molecular complexity index is 283. The van der Waals surface area contributed by atoms with Gasteiger partial charge in [0.1, 0.15) is 5.01 Å². The first-order valence-electron chi connectivity index (χ1n) is 5.11. The lowest BCUT2D eigenvalue weighted by atomic mass is 10.0. The highest BCUT2D eigenvalue weighted by Crippen LogP contribution is 2.07. The molecule has 5 heteroatoms. The minimum atomic E-state index is 0.0579. The number of carbonyl (C=O) groups is 1. The van der Waals surface area contributed by atoms with Crippen molar-refractivity contribution in [3.05, 3.63) is 16.6 Å². The molecule has 0 aliphatic carbocycles. The van der Waals surface area contributed by atoms with Gasteiger partial charge in [0.25, 0.3) is 0 Å². The van der Waals surface area contributed by atoms with E-state index in [-0.39, 0.29) is 5.91 Å². The lowest BCUT2D eigenvalue weighted by Gasteiger charge is -2.11. The van der Waals surface area contributed by atoms with Crippen LogP contribution in [0.25, 0.3) is 0 Å². The van der Waals surface area contributed by atoms with Gasteiger partial charge in [0.2, 0.25) is 5.91 Å². The smallest absolute Gasteiger partial charge is 0.220 e. The summed E-state index contributed by atoms with van der Waals surface area (Å²) in [5.41, 5.74) is 5.53. The Hall–Kier alpha value is -0.940. The van der Waals surface area contributed by atoms with Crippen LogP contribution < -0.4 is 11.1 Å². The fraction of sp³-hybridized carbons (Fsp3) is 0.600. The molecule has 1 aromatic heterocycles. The van der Waals surface area contributed by atoms with Gasteiger partial charge in [-0.2, -0.15) is 0 Å². The molecule has 1 atom stereocenters. The number of rotatable bonds is 6. The zero-order valence-electron chi connectivity index (χ0n) is 8.90. The number of nitrogens with two attached hydrogens (primary N) is 1. The largest absolute Gasteiger partial charge is 0.350 e. The zero-order chi connectivity index (χ0) is 11.1. The van der Waals surface area contributed by atoms with Gasteiger partial charge in [0.05, 0.1) is 6.54 Å². The van der Waals surface area contributed by atoms with Crippen molar-refractivity contribution in [3.63, 3.8) is 0 Å². The van der Waals surface area contributed by atoms with Crippen LogP contribution in [0.4, 0.5) is 0 Å². The van der Waals surface area contributed by atoms with Gasteiger partial charge in [-0.15, -0.1) is 11.3 Å². The third-order valence-electron chi connectivity index (χ3n) is 2.31. The van der Waals surface area contributed by atoms with Crippen LogP contribution >= 0.6 is 11.3 Å². The van der Waals surface area contributed by atoms with Crippen molar-refractivity contribution in [1.82, 2.24) is 10.3 Å². The van der Waals surface area contributed by atoms with Gasteiger partial charge in [-0.05, 0) is 12.5 Å². The van der Waals surface area contributed by atoms with Gasteiger partial charge in [0.15, 0.2) is 0 Å². The number of carbonyl (C=O) groups excluding carboxylic acids is 1. The predicted octanol–water partition coefficient (Wildman–Crippen LogP) is 1.13. The van der Waals surface area contributed by atoms with Crippen LogP contribution in [0.5, 0.6) is 0 Å². The standard InChI is InChI=1S/C10H17N3OS/c1-2-8(6-11)5-9(14)13-7-10-12-3-4-15-10/h3-4,8H,2,5-7,11H2,1H3,(H,13,14). The van der Waals surface area contributed by atoms with Gasteiger partial charge in [-0.3, -0.25) is 4.79 Å². The molecule has 1 amide bonds. The van der Waals surface area contributed by atoms with E-state index >= 15 is 0 Å². The first-order chi connectivity index (χ1) is 7.26. The summed E-state index contributed by atoms with van der Waals surface area (Å²) in [4.78, 5) is 15.6. The molecule has 1 aromatic rings. The number of amides is 1. The van der Waals surface area contributed by atoms with E-state index in [0.29, 0.717) is 25.4 Å². The van der Waals surface area contributed by atoms with E-state index in [9.17, 15) is 4.79 Å². The van der Waals surface area contributed by atoms with Crippen LogP contribution in [0.15, 0.2) is 11.6 Å². The summed E-state index contributed by atoms with van der Waals surface area (Å²) in [5, 5.41) is 5.67. The normalized spacial score (nSPS) is 12.4. The predicted molar refractivity (Wildman–Crippen MR) is 61.4 cm³/mol. The van der Waals surface area contributed by atoms with Gasteiger partial charge in [-0.1, -0.05) is 13.3 Å². The van der Waals surface area contributed by atoms with Gasteiger partial charge in [-0.25, -0.2) is 4.98 Å². The summed E-state index contributed by atoms with van der Waals surface area (Å²) in [6.07, 6.45) is 3.19. The monoisotopic (exact) mass is 227 g/mol. The highest BCUT2D eigenvalue weighted by Gasteiger charge is 2.10. The number of nitrogens with zero attached hydrogens (tertiary/aromatic N) is 1. The van der Waals surface area contributed by atoms with Crippen LogP contribution in [-0.4, -0.2) is 17.4 Å². The van der Waals surface area contributed by atoms with Gasteiger partial charge >= 0.3 is 0 Å². The molecule has 4 nitrogen and oxygen atoms in total. The number of thiazole rings is 1. The minimum Gasteiger partial charge on any atom is -0.350 e. The van der Waals surface area contributed by atoms with Gasteiger partial charge < -0.3 is 11.1 Å². The first kappa shape index (κ1) is 12.1. The molecule has 0 radical (unpaired) electrons. The second kappa shape index (κ2) is 6.53. The SMILES string of the molecule is CCC(CN)CC(=O)NCc1nccs1. The highest BCUT2D eigenvalue weighted by molar-refractivity contribution is 7.09. The molecule has 0 spiro atoms. The van der Waals surface area contributed by atoms with E-state index in [2.05, 4.69) is 10.3 Å². The number of hydrogen-bond acceptors (Lipinski definition) is 4. The zero-order valence-corrected chi connectivity index (χ0v) is 9.72. The van der Waals surface area contributed by atoms with Crippen molar-refractivity contribution >= 4 is 17.2 Å². The Kier molecular flexibility index (Phi) is 5.28. The van der Waals surface area contributed by atoms with Crippen LogP contribution in [0.1, 0.15) is 24.8 Å². The lowest BCUT2D eigenvalue weighted by molar-refractivity contribution is -0.122. The maximum atomic E-state index is 11.5. The van der Waals surface area contributed by atoms with E-state index < -0.39 is 0 Å². The Morgan fingerprint density at radius 2 is 2.53 bits per heavy atom. The van der Waals surface area contributed by atoms with Crippen molar-refractivity contribution in [3.8, 4) is 0 Å². The molecule has 0 saturated carbocycles. The first-order valence-corrected chi connectivity index (χ1v) is 5.99.